The summed E-state index contributed by atoms with van der Waals surface area (Å²) in [7, 11) is 0. The largest absolute Gasteiger partial charge is 0.328 e. The minimum Gasteiger partial charge on any atom is -0.328 e. The smallest absolute Gasteiger partial charge is 0.173 e. The van der Waals surface area contributed by atoms with Gasteiger partial charge in [0, 0.05) is 17.9 Å². The molecule has 2 N–H and O–H groups in total. The van der Waals surface area contributed by atoms with Crippen LogP contribution in [0.3, 0.4) is 0 Å². The van der Waals surface area contributed by atoms with Crippen LogP contribution in [0.15, 0.2) is 28.5 Å². The fraction of sp³-hybridized carbons (Fsp3) is 0.188. The van der Waals surface area contributed by atoms with Crippen LogP contribution in [0.5, 0.6) is 0 Å². The fourth-order valence-corrected chi connectivity index (χ4v) is 3.77. The van der Waals surface area contributed by atoms with Crippen LogP contribution in [0, 0.1) is 17.8 Å². The lowest BCUT2D eigenvalue weighted by atomic mass is 10.3. The number of benzene rings is 1. The van der Waals surface area contributed by atoms with E-state index in [1.54, 1.807) is 18.5 Å². The molecule has 5 nitrogen and oxygen atoms in total. The van der Waals surface area contributed by atoms with Gasteiger partial charge in [-0.25, -0.2) is 9.97 Å². The average molecular weight is 413 g/mol. The van der Waals surface area contributed by atoms with Crippen LogP contribution in [-0.4, -0.2) is 19.5 Å². The zero-order valence-electron chi connectivity index (χ0n) is 12.8. The molecule has 1 aromatic carbocycles. The van der Waals surface area contributed by atoms with Crippen molar-refractivity contribution in [3.8, 4) is 12.3 Å². The van der Waals surface area contributed by atoms with Crippen molar-refractivity contribution in [1.82, 2.24) is 19.5 Å². The number of fused-ring (bicyclic) bond motifs is 1. The number of aryl methyl sites for hydroxylation is 1. The van der Waals surface area contributed by atoms with E-state index < -0.39 is 0 Å². The second-order valence-corrected chi connectivity index (χ2v) is 7.39. The Bertz CT molecular complexity index is 1030. The molecular weight excluding hydrogens is 401 g/mol. The van der Waals surface area contributed by atoms with Crippen LogP contribution in [0.25, 0.3) is 11.2 Å². The minimum atomic E-state index is 0.128. The third kappa shape index (κ3) is 3.96. The molecule has 0 spiro atoms. The van der Waals surface area contributed by atoms with E-state index in [0.29, 0.717) is 49.2 Å². The Morgan fingerprint density at radius 2 is 2.00 bits per heavy atom. The first-order valence-corrected chi connectivity index (χ1v) is 9.20. The summed E-state index contributed by atoms with van der Waals surface area (Å²) < 4.78 is 1.88. The highest BCUT2D eigenvalue weighted by Gasteiger charge is 2.13. The van der Waals surface area contributed by atoms with Crippen LogP contribution in [0.2, 0.25) is 15.1 Å². The number of H-pyrrole nitrogens is 1. The number of aromatic nitrogens is 4. The molecular formula is C16H12Cl3N5S. The van der Waals surface area contributed by atoms with Crippen molar-refractivity contribution >= 4 is 57.7 Å². The molecule has 9 heteroatoms. The van der Waals surface area contributed by atoms with Gasteiger partial charge >= 0.3 is 0 Å². The number of aromatic amines is 1. The van der Waals surface area contributed by atoms with Gasteiger partial charge in [-0.05, 0) is 18.6 Å². The normalized spacial score (nSPS) is 11.0. The molecule has 0 aliphatic heterocycles. The lowest BCUT2D eigenvalue weighted by Gasteiger charge is -2.05. The number of hydrogen-bond acceptors (Lipinski definition) is 4. The molecule has 0 aliphatic carbocycles. The Labute approximate surface area is 163 Å². The molecule has 0 saturated heterocycles. The predicted octanol–water partition coefficient (Wildman–Crippen LogP) is 4.76. The number of hydrogen-bond donors (Lipinski definition) is 2. The maximum absolute atomic E-state index is 7.97. The monoisotopic (exact) mass is 411 g/mol. The lowest BCUT2D eigenvalue weighted by Crippen LogP contribution is -2.12. The molecule has 0 saturated carbocycles. The van der Waals surface area contributed by atoms with Gasteiger partial charge in [-0.15, -0.1) is 12.3 Å². The summed E-state index contributed by atoms with van der Waals surface area (Å²) >= 11 is 19.5. The van der Waals surface area contributed by atoms with Crippen LogP contribution >= 0.6 is 46.6 Å². The molecule has 2 heterocycles. The van der Waals surface area contributed by atoms with Crippen LogP contribution in [-0.2, 0) is 6.54 Å². The molecule has 0 fully saturated rings. The van der Waals surface area contributed by atoms with Gasteiger partial charge in [-0.1, -0.05) is 46.6 Å². The summed E-state index contributed by atoms with van der Waals surface area (Å²) in [6.45, 7) is 0.677. The van der Waals surface area contributed by atoms with E-state index in [4.69, 9.17) is 46.6 Å². The van der Waals surface area contributed by atoms with Crippen molar-refractivity contribution in [2.45, 2.75) is 29.4 Å². The van der Waals surface area contributed by atoms with Gasteiger partial charge < -0.3 is 9.55 Å². The summed E-state index contributed by atoms with van der Waals surface area (Å²) in [4.78, 5) is 12.5. The molecule has 2 aromatic heterocycles. The van der Waals surface area contributed by atoms with Gasteiger partial charge in [0.1, 0.15) is 5.52 Å². The van der Waals surface area contributed by atoms with Crippen LogP contribution in [0.1, 0.15) is 12.8 Å². The number of halogens is 3. The minimum absolute atomic E-state index is 0.128. The Morgan fingerprint density at radius 3 is 2.76 bits per heavy atom. The first kappa shape index (κ1) is 18.2. The number of rotatable bonds is 5. The van der Waals surface area contributed by atoms with Crippen molar-refractivity contribution in [1.29, 1.82) is 5.41 Å². The second kappa shape index (κ2) is 7.71. The zero-order chi connectivity index (χ0) is 18.0. The number of imidazole rings is 1. The van der Waals surface area contributed by atoms with Gasteiger partial charge in [-0.3, -0.25) is 5.41 Å². The Balaban J connectivity index is 1.97. The van der Waals surface area contributed by atoms with Crippen LogP contribution in [0.4, 0.5) is 0 Å². The number of nitrogens with one attached hydrogen (secondary N) is 2. The van der Waals surface area contributed by atoms with E-state index >= 15 is 0 Å². The zero-order valence-corrected chi connectivity index (χ0v) is 15.9. The van der Waals surface area contributed by atoms with E-state index in [0.717, 1.165) is 6.42 Å². The molecule has 0 amide bonds. The standard InChI is InChI=1S/C16H12Cl3N5S/c1-2-3-4-5-24-8-21-14(20)13-15(24)23-16(22-13)25-12-7-10(18)9(17)6-11(12)19/h1,6-8,20H,3-5H2,(H,22,23). The molecule has 0 unspecified atom stereocenters. The molecule has 0 aliphatic rings. The summed E-state index contributed by atoms with van der Waals surface area (Å²) in [5, 5.41) is 9.84. The molecule has 0 radical (unpaired) electrons. The summed E-state index contributed by atoms with van der Waals surface area (Å²) in [6, 6.07) is 3.28. The first-order chi connectivity index (χ1) is 12.0. The topological polar surface area (TPSA) is 70.3 Å². The fourth-order valence-electron chi connectivity index (χ4n) is 2.21. The first-order valence-electron chi connectivity index (χ1n) is 7.25. The Morgan fingerprint density at radius 1 is 1.24 bits per heavy atom. The Kier molecular flexibility index (Phi) is 5.60. The van der Waals surface area contributed by atoms with Gasteiger partial charge in [0.15, 0.2) is 16.3 Å². The number of unbranched alkanes of at least 4 members (excludes halogenated alkanes) is 1. The quantitative estimate of drug-likeness (QED) is 0.360. The van der Waals surface area contributed by atoms with Gasteiger partial charge in [0.05, 0.1) is 21.4 Å². The van der Waals surface area contributed by atoms with Crippen molar-refractivity contribution in [2.75, 3.05) is 0 Å². The maximum Gasteiger partial charge on any atom is 0.173 e. The third-order valence-corrected chi connectivity index (χ3v) is 5.49. The predicted molar refractivity (Wildman–Crippen MR) is 101 cm³/mol. The number of terminal acetylenes is 1. The average Bonchev–Trinajstić information content (AvgIpc) is 3.00. The van der Waals surface area contributed by atoms with Crippen molar-refractivity contribution in [3.05, 3.63) is 39.0 Å². The van der Waals surface area contributed by atoms with Gasteiger partial charge in [0.2, 0.25) is 0 Å². The maximum atomic E-state index is 7.97. The SMILES string of the molecule is C#CCCCn1cnc(=N)c2[nH]c(Sc3cc(Cl)c(Cl)cc3Cl)nc21. The van der Waals surface area contributed by atoms with Crippen molar-refractivity contribution in [2.24, 2.45) is 0 Å². The highest BCUT2D eigenvalue weighted by molar-refractivity contribution is 7.99. The van der Waals surface area contributed by atoms with E-state index in [1.165, 1.54) is 11.8 Å². The summed E-state index contributed by atoms with van der Waals surface area (Å²) in [5.74, 6) is 2.61. The van der Waals surface area contributed by atoms with E-state index in [1.807, 2.05) is 4.57 Å². The van der Waals surface area contributed by atoms with E-state index in [2.05, 4.69) is 20.9 Å². The van der Waals surface area contributed by atoms with Crippen LogP contribution < -0.4 is 5.49 Å². The molecule has 128 valence electrons. The highest BCUT2D eigenvalue weighted by Crippen LogP contribution is 2.37. The molecule has 0 bridgehead atoms. The lowest BCUT2D eigenvalue weighted by molar-refractivity contribution is 0.653. The molecule has 3 rings (SSSR count). The number of nitrogens with zero attached hydrogens (tertiary/aromatic N) is 3. The highest BCUT2D eigenvalue weighted by atomic mass is 35.5. The Hall–Kier alpha value is -1.65. The second-order valence-electron chi connectivity index (χ2n) is 5.13. The third-order valence-electron chi connectivity index (χ3n) is 3.40. The summed E-state index contributed by atoms with van der Waals surface area (Å²) in [5.41, 5.74) is 1.33. The molecule has 0 atom stereocenters. The summed E-state index contributed by atoms with van der Waals surface area (Å²) in [6.07, 6.45) is 8.37. The van der Waals surface area contributed by atoms with Crippen molar-refractivity contribution in [3.63, 3.8) is 0 Å². The molecule has 3 aromatic rings. The van der Waals surface area contributed by atoms with E-state index in [-0.39, 0.29) is 5.49 Å². The van der Waals surface area contributed by atoms with Crippen molar-refractivity contribution < 1.29 is 0 Å². The van der Waals surface area contributed by atoms with Gasteiger partial charge in [0.25, 0.3) is 0 Å². The molecule has 25 heavy (non-hydrogen) atoms. The van der Waals surface area contributed by atoms with E-state index in [9.17, 15) is 0 Å². The van der Waals surface area contributed by atoms with Gasteiger partial charge in [-0.2, -0.15) is 0 Å².